The van der Waals surface area contributed by atoms with Crippen molar-refractivity contribution in [3.8, 4) is 0 Å². The Kier molecular flexibility index (Phi) is 8.46. The van der Waals surface area contributed by atoms with Crippen molar-refractivity contribution in [1.82, 2.24) is 14.5 Å². The molecule has 1 heterocycles. The maximum atomic E-state index is 12.4. The summed E-state index contributed by atoms with van der Waals surface area (Å²) in [5, 5.41) is 2.49. The van der Waals surface area contributed by atoms with Crippen LogP contribution in [-0.2, 0) is 19.7 Å². The molecule has 1 aromatic carbocycles. The van der Waals surface area contributed by atoms with Gasteiger partial charge in [-0.25, -0.2) is 8.42 Å². The van der Waals surface area contributed by atoms with Crippen molar-refractivity contribution in [2.45, 2.75) is 18.9 Å². The third-order valence-electron chi connectivity index (χ3n) is 3.43. The van der Waals surface area contributed by atoms with Crippen molar-refractivity contribution in [3.63, 3.8) is 0 Å². The number of benzene rings is 1. The van der Waals surface area contributed by atoms with Gasteiger partial charge in [0, 0.05) is 16.6 Å². The van der Waals surface area contributed by atoms with E-state index in [1.54, 1.807) is 24.3 Å². The van der Waals surface area contributed by atoms with Gasteiger partial charge in [0.2, 0.25) is 0 Å². The number of nitrogens with zero attached hydrogens (tertiary/aromatic N) is 1. The van der Waals surface area contributed by atoms with Crippen LogP contribution in [0.5, 0.6) is 0 Å². The van der Waals surface area contributed by atoms with E-state index in [2.05, 4.69) is 21.2 Å². The SMILES string of the molecule is NP(=O)(NS(=O)(=O)[O-])N1CCC[C@H](NC(=O)c2ccc(Br)cc2)C1=O.[Na+]. The first-order valence-electron chi connectivity index (χ1n) is 7.01. The molecule has 2 rings (SSSR count). The first-order valence-corrected chi connectivity index (χ1v) is 10.9. The van der Waals surface area contributed by atoms with E-state index in [0.717, 1.165) is 4.47 Å². The summed E-state index contributed by atoms with van der Waals surface area (Å²) < 4.78 is 47.0. The second-order valence-corrected chi connectivity index (χ2v) is 9.59. The van der Waals surface area contributed by atoms with Crippen LogP contribution >= 0.6 is 23.5 Å². The van der Waals surface area contributed by atoms with Crippen molar-refractivity contribution in [2.24, 2.45) is 5.50 Å². The van der Waals surface area contributed by atoms with Crippen LogP contribution in [0.15, 0.2) is 28.7 Å². The maximum Gasteiger partial charge on any atom is 1.00 e. The van der Waals surface area contributed by atoms with Crippen molar-refractivity contribution >= 4 is 45.6 Å². The summed E-state index contributed by atoms with van der Waals surface area (Å²) in [4.78, 5) is 24.6. The van der Waals surface area contributed by atoms with Gasteiger partial charge in [0.15, 0.2) is 10.3 Å². The standard InChI is InChI=1S/C12H16BrN4O6PS.Na/c13-9-5-3-8(4-6-9)11(18)15-10-2-1-7-17(12(10)19)24(14,20)16-25(21,22)23;/h3-6,10H,1-2,7H2,(H,15,18)(H3,14,16,20)(H,21,22,23);/q;+1/p-1/t10-,24?;/m0./s1. The van der Waals surface area contributed by atoms with E-state index < -0.39 is 35.8 Å². The number of nitrogens with two attached hydrogens (primary N) is 1. The summed E-state index contributed by atoms with van der Waals surface area (Å²) in [6, 6.07) is 5.37. The predicted octanol–water partition coefficient (Wildman–Crippen LogP) is -2.71. The minimum absolute atomic E-state index is 0. The summed E-state index contributed by atoms with van der Waals surface area (Å²) in [5.41, 5.74) is 5.65. The smallest absolute Gasteiger partial charge is 0.735 e. The minimum Gasteiger partial charge on any atom is -0.735 e. The molecule has 4 N–H and O–H groups in total. The molecular formula is C12H15BrN4NaO6PS. The molecule has 1 saturated heterocycles. The molecule has 0 saturated carbocycles. The monoisotopic (exact) mass is 476 g/mol. The van der Waals surface area contributed by atoms with Gasteiger partial charge in [-0.2, -0.15) is 0 Å². The molecule has 1 aliphatic heterocycles. The molecular weight excluding hydrogens is 462 g/mol. The van der Waals surface area contributed by atoms with Crippen LogP contribution in [0.25, 0.3) is 0 Å². The van der Waals surface area contributed by atoms with Gasteiger partial charge in [0.1, 0.15) is 6.04 Å². The molecule has 2 atom stereocenters. The molecule has 26 heavy (non-hydrogen) atoms. The van der Waals surface area contributed by atoms with Crippen LogP contribution < -0.4 is 44.9 Å². The van der Waals surface area contributed by atoms with E-state index in [9.17, 15) is 27.1 Å². The quantitative estimate of drug-likeness (QED) is 0.236. The number of amides is 2. The fourth-order valence-corrected chi connectivity index (χ4v) is 5.15. The molecule has 1 fully saturated rings. The molecule has 1 aromatic rings. The van der Waals surface area contributed by atoms with Crippen LogP contribution in [0.1, 0.15) is 23.2 Å². The van der Waals surface area contributed by atoms with Gasteiger partial charge in [-0.1, -0.05) is 15.9 Å². The first kappa shape index (κ1) is 23.7. The maximum absolute atomic E-state index is 12.4. The number of nitrogens with one attached hydrogen (secondary N) is 2. The van der Waals surface area contributed by atoms with Crippen LogP contribution in [-0.4, -0.2) is 42.0 Å². The number of hydrogen-bond acceptors (Lipinski definition) is 6. The second-order valence-electron chi connectivity index (χ2n) is 5.30. The van der Waals surface area contributed by atoms with Gasteiger partial charge in [0.25, 0.3) is 11.8 Å². The van der Waals surface area contributed by atoms with E-state index in [4.69, 9.17) is 5.50 Å². The van der Waals surface area contributed by atoms with E-state index in [-0.39, 0.29) is 42.5 Å². The number of hydrogen-bond donors (Lipinski definition) is 3. The second kappa shape index (κ2) is 9.26. The molecule has 138 valence electrons. The zero-order valence-corrected chi connectivity index (χ0v) is 19.0. The fraction of sp³-hybridized carbons (Fsp3) is 0.333. The third-order valence-corrected chi connectivity index (χ3v) is 7.01. The van der Waals surface area contributed by atoms with Crippen molar-refractivity contribution < 1.29 is 56.7 Å². The molecule has 0 radical (unpaired) electrons. The van der Waals surface area contributed by atoms with Gasteiger partial charge in [0.05, 0.1) is 0 Å². The molecule has 0 aliphatic carbocycles. The molecule has 1 unspecified atom stereocenters. The Labute approximate surface area is 181 Å². The van der Waals surface area contributed by atoms with Gasteiger partial charge >= 0.3 is 37.2 Å². The number of halogens is 1. The third kappa shape index (κ3) is 6.39. The predicted molar refractivity (Wildman–Crippen MR) is 91.0 cm³/mol. The molecule has 2 amide bonds. The molecule has 10 nitrogen and oxygen atoms in total. The Balaban J connectivity index is 0.00000338. The number of carbonyl (C=O) groups excluding carboxylic acids is 2. The van der Waals surface area contributed by atoms with Crippen molar-refractivity contribution in [2.75, 3.05) is 6.54 Å². The number of carbonyl (C=O) groups is 2. The van der Waals surface area contributed by atoms with Crippen molar-refractivity contribution in [3.05, 3.63) is 34.3 Å². The van der Waals surface area contributed by atoms with E-state index in [1.165, 1.54) is 4.49 Å². The van der Waals surface area contributed by atoms with Gasteiger partial charge in [-0.3, -0.25) is 24.3 Å². The molecule has 0 spiro atoms. The molecule has 14 heteroatoms. The van der Waals surface area contributed by atoms with Crippen LogP contribution in [0.2, 0.25) is 0 Å². The largest absolute Gasteiger partial charge is 1.00 e. The van der Waals surface area contributed by atoms with Crippen LogP contribution in [0, 0.1) is 0 Å². The van der Waals surface area contributed by atoms with Gasteiger partial charge < -0.3 is 9.87 Å². The fourth-order valence-electron chi connectivity index (χ4n) is 2.34. The van der Waals surface area contributed by atoms with Crippen LogP contribution in [0.4, 0.5) is 0 Å². The summed E-state index contributed by atoms with van der Waals surface area (Å²) in [5.74, 6) is -1.34. The first-order chi connectivity index (χ1) is 11.5. The summed E-state index contributed by atoms with van der Waals surface area (Å²) in [7, 11) is -9.55. The topological polar surface area (TPSA) is 162 Å². The van der Waals surface area contributed by atoms with E-state index in [1.807, 2.05) is 0 Å². The Morgan fingerprint density at radius 2 is 1.92 bits per heavy atom. The zero-order valence-electron chi connectivity index (χ0n) is 13.7. The Bertz CT molecular complexity index is 837. The van der Waals surface area contributed by atoms with E-state index in [0.29, 0.717) is 16.7 Å². The van der Waals surface area contributed by atoms with Gasteiger partial charge in [-0.15, -0.1) is 4.49 Å². The summed E-state index contributed by atoms with van der Waals surface area (Å²) >= 11 is 3.24. The van der Waals surface area contributed by atoms with Crippen molar-refractivity contribution in [1.29, 1.82) is 0 Å². The average molecular weight is 477 g/mol. The Hall–Kier alpha value is -0.300. The Morgan fingerprint density at radius 1 is 1.35 bits per heavy atom. The Morgan fingerprint density at radius 3 is 2.46 bits per heavy atom. The zero-order chi connectivity index (χ0) is 18.8. The normalized spacial score (nSPS) is 20.0. The van der Waals surface area contributed by atoms with Gasteiger partial charge in [-0.05, 0) is 37.1 Å². The van der Waals surface area contributed by atoms with Crippen LogP contribution in [0.3, 0.4) is 0 Å². The average Bonchev–Trinajstić information content (AvgIpc) is 2.47. The van der Waals surface area contributed by atoms with E-state index >= 15 is 0 Å². The molecule has 0 aromatic heterocycles. The summed E-state index contributed by atoms with van der Waals surface area (Å²) in [6.45, 7) is -0.0974. The number of piperidine rings is 1. The minimum atomic E-state index is -5.12. The molecule has 1 aliphatic rings. The summed E-state index contributed by atoms with van der Waals surface area (Å²) in [6.07, 6.45) is 0.584. The molecule has 0 bridgehead atoms. The number of rotatable bonds is 5.